The number of amides is 1. The molecule has 0 radical (unpaired) electrons. The molecule has 1 amide bonds. The van der Waals surface area contributed by atoms with Crippen LogP contribution >= 0.6 is 0 Å². The van der Waals surface area contributed by atoms with Crippen molar-refractivity contribution in [2.75, 3.05) is 5.32 Å². The number of carbonyl (C=O) groups is 1. The summed E-state index contributed by atoms with van der Waals surface area (Å²) in [5.74, 6) is -0.693. The molecule has 3 rings (SSSR count). The number of hydrogen-bond acceptors (Lipinski definition) is 4. The third-order valence-corrected chi connectivity index (χ3v) is 2.97. The molecule has 0 aliphatic heterocycles. The van der Waals surface area contributed by atoms with E-state index < -0.39 is 5.76 Å². The van der Waals surface area contributed by atoms with Crippen LogP contribution in [0.3, 0.4) is 0 Å². The Morgan fingerprint density at radius 2 is 2.20 bits per heavy atom. The third kappa shape index (κ3) is 2.07. The van der Waals surface area contributed by atoms with Gasteiger partial charge in [-0.2, -0.15) is 0 Å². The molecule has 0 aliphatic carbocycles. The summed E-state index contributed by atoms with van der Waals surface area (Å²) in [6, 6.07) is 8.38. The first-order chi connectivity index (χ1) is 9.65. The monoisotopic (exact) mass is 269 g/mol. The van der Waals surface area contributed by atoms with Gasteiger partial charge in [-0.3, -0.25) is 14.3 Å². The Kier molecular flexibility index (Phi) is 2.83. The van der Waals surface area contributed by atoms with Gasteiger partial charge in [-0.05, 0) is 30.3 Å². The van der Waals surface area contributed by atoms with Crippen LogP contribution in [0.5, 0.6) is 0 Å². The number of pyridine rings is 1. The van der Waals surface area contributed by atoms with E-state index in [1.165, 1.54) is 10.8 Å². The van der Waals surface area contributed by atoms with Gasteiger partial charge in [0, 0.05) is 25.1 Å². The maximum atomic E-state index is 12.0. The zero-order valence-electron chi connectivity index (χ0n) is 10.7. The van der Waals surface area contributed by atoms with Gasteiger partial charge in [0.25, 0.3) is 5.91 Å². The smallest absolute Gasteiger partial charge is 0.408 e. The van der Waals surface area contributed by atoms with Crippen LogP contribution in [0.25, 0.3) is 11.1 Å². The number of anilines is 1. The molecule has 0 saturated carbocycles. The van der Waals surface area contributed by atoms with Crippen LogP contribution in [-0.2, 0) is 7.05 Å². The van der Waals surface area contributed by atoms with Crippen molar-refractivity contribution in [1.82, 2.24) is 9.55 Å². The normalized spacial score (nSPS) is 10.7. The van der Waals surface area contributed by atoms with Crippen molar-refractivity contribution in [2.24, 2.45) is 7.05 Å². The fourth-order valence-corrected chi connectivity index (χ4v) is 1.90. The molecular weight excluding hydrogens is 258 g/mol. The Bertz CT molecular complexity index is 834. The van der Waals surface area contributed by atoms with Crippen LogP contribution in [0.1, 0.15) is 10.4 Å². The van der Waals surface area contributed by atoms with Crippen molar-refractivity contribution < 1.29 is 9.21 Å². The molecule has 6 nitrogen and oxygen atoms in total. The second-order valence-electron chi connectivity index (χ2n) is 4.31. The number of carbonyl (C=O) groups excluding carboxylic acids is 1. The second-order valence-corrected chi connectivity index (χ2v) is 4.31. The molecule has 1 aromatic carbocycles. The van der Waals surface area contributed by atoms with Crippen molar-refractivity contribution >= 4 is 22.7 Å². The average Bonchev–Trinajstić information content (AvgIpc) is 2.75. The Hall–Kier alpha value is -2.89. The highest BCUT2D eigenvalue weighted by atomic mass is 16.4. The van der Waals surface area contributed by atoms with E-state index in [9.17, 15) is 9.59 Å². The van der Waals surface area contributed by atoms with Crippen LogP contribution in [0.15, 0.2) is 51.9 Å². The van der Waals surface area contributed by atoms with Gasteiger partial charge in [0.05, 0.1) is 11.1 Å². The van der Waals surface area contributed by atoms with Crippen LogP contribution in [-0.4, -0.2) is 15.5 Å². The maximum Gasteiger partial charge on any atom is 0.419 e. The zero-order chi connectivity index (χ0) is 14.1. The number of nitrogens with one attached hydrogen (secondary N) is 1. The van der Waals surface area contributed by atoms with Gasteiger partial charge in [0.2, 0.25) is 0 Å². The van der Waals surface area contributed by atoms with E-state index in [0.29, 0.717) is 22.4 Å². The maximum absolute atomic E-state index is 12.0. The Morgan fingerprint density at radius 3 is 2.95 bits per heavy atom. The first-order valence-electron chi connectivity index (χ1n) is 5.96. The molecule has 0 fully saturated rings. The molecule has 20 heavy (non-hydrogen) atoms. The lowest BCUT2D eigenvalue weighted by molar-refractivity contribution is 0.102. The number of fused-ring (bicyclic) bond motifs is 1. The lowest BCUT2D eigenvalue weighted by Gasteiger charge is -2.04. The topological polar surface area (TPSA) is 77.1 Å². The van der Waals surface area contributed by atoms with Crippen molar-refractivity contribution in [2.45, 2.75) is 0 Å². The van der Waals surface area contributed by atoms with Gasteiger partial charge in [-0.1, -0.05) is 0 Å². The lowest BCUT2D eigenvalue weighted by Crippen LogP contribution is -2.12. The molecule has 0 aliphatic rings. The minimum absolute atomic E-state index is 0.258. The van der Waals surface area contributed by atoms with Crippen LogP contribution in [0.2, 0.25) is 0 Å². The first-order valence-corrected chi connectivity index (χ1v) is 5.96. The highest BCUT2D eigenvalue weighted by Gasteiger charge is 2.09. The van der Waals surface area contributed by atoms with Crippen LogP contribution < -0.4 is 11.1 Å². The van der Waals surface area contributed by atoms with E-state index in [2.05, 4.69) is 10.3 Å². The van der Waals surface area contributed by atoms with E-state index in [1.807, 2.05) is 0 Å². The first kappa shape index (κ1) is 12.2. The summed E-state index contributed by atoms with van der Waals surface area (Å²) in [7, 11) is 1.61. The summed E-state index contributed by atoms with van der Waals surface area (Å²) in [5.41, 5.74) is 2.16. The van der Waals surface area contributed by atoms with Crippen molar-refractivity contribution in [1.29, 1.82) is 0 Å². The van der Waals surface area contributed by atoms with Crippen molar-refractivity contribution in [3.05, 3.63) is 58.8 Å². The molecule has 1 N–H and O–H groups in total. The van der Waals surface area contributed by atoms with Gasteiger partial charge >= 0.3 is 5.76 Å². The van der Waals surface area contributed by atoms with Crippen molar-refractivity contribution in [3.63, 3.8) is 0 Å². The summed E-state index contributed by atoms with van der Waals surface area (Å²) in [5, 5.41) is 2.75. The molecule has 100 valence electrons. The number of aryl methyl sites for hydroxylation is 1. The van der Waals surface area contributed by atoms with Gasteiger partial charge in [0.1, 0.15) is 0 Å². The summed E-state index contributed by atoms with van der Waals surface area (Å²) < 4.78 is 6.41. The lowest BCUT2D eigenvalue weighted by atomic mass is 10.2. The highest BCUT2D eigenvalue weighted by Crippen LogP contribution is 2.18. The van der Waals surface area contributed by atoms with E-state index in [1.54, 1.807) is 43.6 Å². The summed E-state index contributed by atoms with van der Waals surface area (Å²) in [6.07, 6.45) is 3.09. The van der Waals surface area contributed by atoms with Gasteiger partial charge in [0.15, 0.2) is 5.58 Å². The number of oxazole rings is 1. The van der Waals surface area contributed by atoms with E-state index >= 15 is 0 Å². The molecular formula is C14H11N3O3. The quantitative estimate of drug-likeness (QED) is 0.769. The summed E-state index contributed by atoms with van der Waals surface area (Å²) >= 11 is 0. The van der Waals surface area contributed by atoms with Gasteiger partial charge in [-0.25, -0.2) is 4.79 Å². The Morgan fingerprint density at radius 1 is 1.35 bits per heavy atom. The molecule has 0 spiro atoms. The summed E-state index contributed by atoms with van der Waals surface area (Å²) in [4.78, 5) is 27.3. The minimum Gasteiger partial charge on any atom is -0.408 e. The molecule has 0 saturated heterocycles. The second kappa shape index (κ2) is 4.65. The van der Waals surface area contributed by atoms with E-state index in [4.69, 9.17) is 4.42 Å². The SMILES string of the molecule is Cn1c(=O)oc2ccc(NC(=O)c3cccnc3)cc21. The predicted octanol–water partition coefficient (Wildman–Crippen LogP) is 1.78. The van der Waals surface area contributed by atoms with Crippen LogP contribution in [0.4, 0.5) is 5.69 Å². The molecule has 0 unspecified atom stereocenters. The Balaban J connectivity index is 1.93. The predicted molar refractivity (Wildman–Crippen MR) is 73.6 cm³/mol. The highest BCUT2D eigenvalue weighted by molar-refractivity contribution is 6.04. The number of rotatable bonds is 2. The van der Waals surface area contributed by atoms with Gasteiger partial charge < -0.3 is 9.73 Å². The van der Waals surface area contributed by atoms with Crippen molar-refractivity contribution in [3.8, 4) is 0 Å². The fraction of sp³-hybridized carbons (Fsp3) is 0.0714. The van der Waals surface area contributed by atoms with E-state index in [0.717, 1.165) is 0 Å². The molecule has 2 heterocycles. The summed E-state index contributed by atoms with van der Waals surface area (Å²) in [6.45, 7) is 0. The number of aromatic nitrogens is 2. The fourth-order valence-electron chi connectivity index (χ4n) is 1.90. The molecule has 2 aromatic heterocycles. The Labute approximate surface area is 113 Å². The van der Waals surface area contributed by atoms with Gasteiger partial charge in [-0.15, -0.1) is 0 Å². The van der Waals surface area contributed by atoms with E-state index in [-0.39, 0.29) is 5.91 Å². The largest absolute Gasteiger partial charge is 0.419 e. The molecule has 3 aromatic rings. The number of hydrogen-bond donors (Lipinski definition) is 1. The van der Waals surface area contributed by atoms with Crippen LogP contribution in [0, 0.1) is 0 Å². The zero-order valence-corrected chi connectivity index (χ0v) is 10.7. The molecule has 0 bridgehead atoms. The number of nitrogens with zero attached hydrogens (tertiary/aromatic N) is 2. The third-order valence-electron chi connectivity index (χ3n) is 2.97. The number of benzene rings is 1. The molecule has 0 atom stereocenters. The molecule has 6 heteroatoms. The average molecular weight is 269 g/mol. The standard InChI is InChI=1S/C14H11N3O3/c1-17-11-7-10(4-5-12(11)20-14(17)19)16-13(18)9-3-2-6-15-8-9/h2-8H,1H3,(H,16,18). The minimum atomic E-state index is -0.435.